The molecule has 3 aromatic carbocycles. The van der Waals surface area contributed by atoms with Crippen LogP contribution in [0.4, 0.5) is 0 Å². The molecule has 0 N–H and O–H groups in total. The van der Waals surface area contributed by atoms with E-state index < -0.39 is 0 Å². The normalized spacial score (nSPS) is 26.3. The molecule has 0 spiro atoms. The zero-order valence-electron chi connectivity index (χ0n) is 18.0. The van der Waals surface area contributed by atoms with Crippen LogP contribution in [0.1, 0.15) is 16.7 Å². The number of hydrogen-bond acceptors (Lipinski definition) is 5. The van der Waals surface area contributed by atoms with Gasteiger partial charge in [0.15, 0.2) is 0 Å². The van der Waals surface area contributed by atoms with E-state index in [0.29, 0.717) is 26.4 Å². The maximum absolute atomic E-state index is 6.48. The van der Waals surface area contributed by atoms with Gasteiger partial charge in [0, 0.05) is 5.92 Å². The molecule has 5 rings (SSSR count). The van der Waals surface area contributed by atoms with Crippen LogP contribution < -0.4 is 0 Å². The van der Waals surface area contributed by atoms with E-state index in [9.17, 15) is 0 Å². The summed E-state index contributed by atoms with van der Waals surface area (Å²) in [6.07, 6.45) is -0.535. The van der Waals surface area contributed by atoms with Crippen molar-refractivity contribution in [2.45, 2.75) is 44.2 Å². The first-order valence-electron chi connectivity index (χ1n) is 11.2. The van der Waals surface area contributed by atoms with Crippen LogP contribution in [-0.4, -0.2) is 30.9 Å². The highest BCUT2D eigenvalue weighted by Crippen LogP contribution is 2.40. The minimum Gasteiger partial charge on any atom is -0.370 e. The second-order valence-corrected chi connectivity index (χ2v) is 8.38. The zero-order chi connectivity index (χ0) is 21.6. The summed E-state index contributed by atoms with van der Waals surface area (Å²) in [5.74, 6) is 0.167. The van der Waals surface area contributed by atoms with Crippen LogP contribution >= 0.6 is 0 Å². The molecule has 0 amide bonds. The lowest BCUT2D eigenvalue weighted by molar-refractivity contribution is -0.128. The summed E-state index contributed by atoms with van der Waals surface area (Å²) in [4.78, 5) is 0. The van der Waals surface area contributed by atoms with Gasteiger partial charge in [-0.3, -0.25) is 0 Å². The number of benzene rings is 3. The minimum atomic E-state index is -0.211. The van der Waals surface area contributed by atoms with Gasteiger partial charge in [-0.25, -0.2) is 0 Å². The van der Waals surface area contributed by atoms with E-state index in [2.05, 4.69) is 46.6 Å². The lowest BCUT2D eigenvalue weighted by atomic mass is 10.0. The number of azo groups is 1. The second kappa shape index (κ2) is 10.2. The van der Waals surface area contributed by atoms with Gasteiger partial charge >= 0.3 is 0 Å². The van der Waals surface area contributed by atoms with Crippen LogP contribution in [0.2, 0.25) is 0 Å². The number of hydrogen-bond donors (Lipinski definition) is 0. The third-order valence-corrected chi connectivity index (χ3v) is 6.21. The van der Waals surface area contributed by atoms with E-state index in [1.807, 2.05) is 54.6 Å². The SMILES string of the molecule is c1ccc(CO[C@H]2[C@H](OCc3ccccc3)[C@@H]3CN=N[C@@H]3[C@H]2OCc2ccccc2)cc1. The standard InChI is InChI=1S/C27H28N2O3/c1-4-10-20(11-5-1)17-30-25-23-16-28-29-24(23)26(31-18-21-12-6-2-7-13-21)27(25)32-19-22-14-8-3-9-15-22/h1-15,23-27H,16-19H2/t23-,24+,25-,26-,27+/m1/s1. The molecule has 3 aromatic rings. The van der Waals surface area contributed by atoms with Crippen molar-refractivity contribution in [3.8, 4) is 0 Å². The van der Waals surface area contributed by atoms with Crippen LogP contribution in [0.3, 0.4) is 0 Å². The molecule has 164 valence electrons. The van der Waals surface area contributed by atoms with Crippen molar-refractivity contribution in [2.75, 3.05) is 6.54 Å². The fourth-order valence-corrected chi connectivity index (χ4v) is 4.56. The van der Waals surface area contributed by atoms with E-state index in [0.717, 1.165) is 16.7 Å². The maximum atomic E-state index is 6.48. The van der Waals surface area contributed by atoms with E-state index in [4.69, 9.17) is 14.2 Å². The van der Waals surface area contributed by atoms with Crippen molar-refractivity contribution in [3.63, 3.8) is 0 Å². The van der Waals surface area contributed by atoms with Crippen molar-refractivity contribution in [1.29, 1.82) is 0 Å². The van der Waals surface area contributed by atoms with E-state index >= 15 is 0 Å². The third-order valence-electron chi connectivity index (χ3n) is 6.21. The summed E-state index contributed by atoms with van der Waals surface area (Å²) in [6.45, 7) is 2.21. The first-order chi connectivity index (χ1) is 15.9. The number of nitrogens with zero attached hydrogens (tertiary/aromatic N) is 2. The molecule has 0 bridgehead atoms. The Morgan fingerprint density at radius 3 is 1.50 bits per heavy atom. The predicted octanol–water partition coefficient (Wildman–Crippen LogP) is 5.21. The fraction of sp³-hybridized carbons (Fsp3) is 0.333. The molecule has 0 unspecified atom stereocenters. The highest BCUT2D eigenvalue weighted by molar-refractivity contribution is 5.17. The summed E-state index contributed by atoms with van der Waals surface area (Å²) in [6, 6.07) is 30.7. The largest absolute Gasteiger partial charge is 0.370 e. The van der Waals surface area contributed by atoms with Crippen molar-refractivity contribution >= 4 is 0 Å². The van der Waals surface area contributed by atoms with Gasteiger partial charge in [0.1, 0.15) is 18.2 Å². The van der Waals surface area contributed by atoms with Crippen molar-refractivity contribution in [1.82, 2.24) is 0 Å². The van der Waals surface area contributed by atoms with Crippen LogP contribution in [0.15, 0.2) is 101 Å². The Balaban J connectivity index is 1.34. The van der Waals surface area contributed by atoms with Gasteiger partial charge in [0.05, 0.1) is 32.5 Å². The molecule has 1 aliphatic carbocycles. The summed E-state index contributed by atoms with van der Waals surface area (Å²) >= 11 is 0. The second-order valence-electron chi connectivity index (χ2n) is 8.38. The Morgan fingerprint density at radius 2 is 1.00 bits per heavy atom. The van der Waals surface area contributed by atoms with Gasteiger partial charge in [-0.2, -0.15) is 10.2 Å². The average molecular weight is 429 g/mol. The van der Waals surface area contributed by atoms with E-state index in [1.165, 1.54) is 0 Å². The molecule has 1 fully saturated rings. The van der Waals surface area contributed by atoms with Gasteiger partial charge in [0.2, 0.25) is 0 Å². The fourth-order valence-electron chi connectivity index (χ4n) is 4.56. The summed E-state index contributed by atoms with van der Waals surface area (Å²) in [5, 5.41) is 8.88. The molecule has 2 aliphatic rings. The molecule has 5 heteroatoms. The number of rotatable bonds is 9. The molecule has 0 saturated heterocycles. The van der Waals surface area contributed by atoms with Crippen molar-refractivity contribution < 1.29 is 14.2 Å². The average Bonchev–Trinajstić information content (AvgIpc) is 3.43. The van der Waals surface area contributed by atoms with Gasteiger partial charge in [-0.15, -0.1) is 0 Å². The van der Waals surface area contributed by atoms with Crippen molar-refractivity contribution in [2.24, 2.45) is 16.1 Å². The van der Waals surface area contributed by atoms with E-state index in [1.54, 1.807) is 0 Å². The predicted molar refractivity (Wildman–Crippen MR) is 122 cm³/mol. The summed E-state index contributed by atoms with van der Waals surface area (Å²) < 4.78 is 19.4. The summed E-state index contributed by atoms with van der Waals surface area (Å²) in [5.41, 5.74) is 3.41. The first-order valence-corrected chi connectivity index (χ1v) is 11.2. The van der Waals surface area contributed by atoms with Crippen LogP contribution in [0.5, 0.6) is 0 Å². The minimum absolute atomic E-state index is 0.0414. The van der Waals surface area contributed by atoms with Crippen LogP contribution in [0.25, 0.3) is 0 Å². The van der Waals surface area contributed by atoms with Gasteiger partial charge in [0.25, 0.3) is 0 Å². The van der Waals surface area contributed by atoms with Crippen LogP contribution in [0, 0.1) is 5.92 Å². The Bertz CT molecular complexity index is 997. The molecule has 0 radical (unpaired) electrons. The highest BCUT2D eigenvalue weighted by atomic mass is 16.6. The molecule has 1 aliphatic heterocycles. The van der Waals surface area contributed by atoms with Gasteiger partial charge in [-0.05, 0) is 16.7 Å². The lowest BCUT2D eigenvalue weighted by Crippen LogP contribution is -2.38. The zero-order valence-corrected chi connectivity index (χ0v) is 18.0. The quantitative estimate of drug-likeness (QED) is 0.470. The molecule has 32 heavy (non-hydrogen) atoms. The molecular weight excluding hydrogens is 400 g/mol. The highest BCUT2D eigenvalue weighted by Gasteiger charge is 2.55. The lowest BCUT2D eigenvalue weighted by Gasteiger charge is -2.27. The maximum Gasteiger partial charge on any atom is 0.113 e. The first kappa shape index (κ1) is 21.0. The summed E-state index contributed by atoms with van der Waals surface area (Å²) in [7, 11) is 0. The molecule has 1 heterocycles. The van der Waals surface area contributed by atoms with Gasteiger partial charge in [-0.1, -0.05) is 91.0 Å². The molecule has 0 aromatic heterocycles. The topological polar surface area (TPSA) is 52.4 Å². The Labute approximate surface area is 189 Å². The van der Waals surface area contributed by atoms with Crippen LogP contribution in [-0.2, 0) is 34.0 Å². The molecular formula is C27H28N2O3. The molecule has 1 saturated carbocycles. The molecule has 5 nitrogen and oxygen atoms in total. The van der Waals surface area contributed by atoms with Gasteiger partial charge < -0.3 is 14.2 Å². The van der Waals surface area contributed by atoms with Crippen molar-refractivity contribution in [3.05, 3.63) is 108 Å². The smallest absolute Gasteiger partial charge is 0.113 e. The molecule has 5 atom stereocenters. The number of ether oxygens (including phenoxy) is 3. The monoisotopic (exact) mass is 428 g/mol. The third kappa shape index (κ3) is 4.80. The Morgan fingerprint density at radius 1 is 0.562 bits per heavy atom. The Hall–Kier alpha value is -2.86. The Kier molecular flexibility index (Phi) is 6.68. The number of fused-ring (bicyclic) bond motifs is 1. The van der Waals surface area contributed by atoms with E-state index in [-0.39, 0.29) is 30.3 Å².